The number of hydrogen-bond acceptors (Lipinski definition) is 4. The van der Waals surface area contributed by atoms with Gasteiger partial charge in [-0.1, -0.05) is 19.1 Å². The Morgan fingerprint density at radius 1 is 0.931 bits per heavy atom. The maximum atomic E-state index is 13.3. The number of ether oxygens (including phenoxy) is 3. The Balaban J connectivity index is 2.45. The zero-order valence-electron chi connectivity index (χ0n) is 15.3. The Kier molecular flexibility index (Phi) is 6.66. The Morgan fingerprint density at radius 2 is 1.59 bits per heavy atom. The van der Waals surface area contributed by atoms with Crippen molar-refractivity contribution >= 4 is 6.16 Å². The first-order valence-corrected chi connectivity index (χ1v) is 8.25. The number of hydrogen-bond donors (Lipinski definition) is 0. The van der Waals surface area contributed by atoms with Gasteiger partial charge in [0.05, 0.1) is 18.2 Å². The molecule has 2 aromatic carbocycles. The Bertz CT molecular complexity index is 874. The molecule has 0 aliphatic heterocycles. The van der Waals surface area contributed by atoms with Crippen LogP contribution in [0.25, 0.3) is 0 Å². The predicted molar refractivity (Wildman–Crippen MR) is 89.6 cm³/mol. The lowest BCUT2D eigenvalue weighted by Gasteiger charge is -2.19. The van der Waals surface area contributed by atoms with Crippen molar-refractivity contribution in [2.24, 2.45) is 0 Å². The van der Waals surface area contributed by atoms with E-state index in [2.05, 4.69) is 9.47 Å². The molecule has 0 atom stereocenters. The van der Waals surface area contributed by atoms with Crippen LogP contribution in [-0.2, 0) is 30.1 Å². The summed E-state index contributed by atoms with van der Waals surface area (Å²) in [6.45, 7) is 0.739. The summed E-state index contributed by atoms with van der Waals surface area (Å²) in [5.41, 5.74) is -2.58. The van der Waals surface area contributed by atoms with Crippen molar-refractivity contribution in [2.75, 3.05) is 7.11 Å². The van der Waals surface area contributed by atoms with Crippen molar-refractivity contribution in [3.8, 4) is 11.5 Å². The summed E-state index contributed by atoms with van der Waals surface area (Å²) in [6, 6.07) is 6.03. The highest BCUT2D eigenvalue weighted by Crippen LogP contribution is 2.40. The third-order valence-electron chi connectivity index (χ3n) is 3.93. The van der Waals surface area contributed by atoms with E-state index in [0.29, 0.717) is 18.1 Å². The van der Waals surface area contributed by atoms with Crippen LogP contribution in [0.3, 0.4) is 0 Å². The van der Waals surface area contributed by atoms with Crippen LogP contribution in [0.4, 0.5) is 31.1 Å². The first-order valence-electron chi connectivity index (χ1n) is 8.25. The average molecular weight is 422 g/mol. The molecule has 0 N–H and O–H groups in total. The first kappa shape index (κ1) is 22.4. The fourth-order valence-electron chi connectivity index (χ4n) is 2.50. The smallest absolute Gasteiger partial charge is 0.488 e. The topological polar surface area (TPSA) is 44.8 Å². The molecule has 0 radical (unpaired) electrons. The van der Waals surface area contributed by atoms with Crippen molar-refractivity contribution in [2.45, 2.75) is 32.3 Å². The molecule has 0 saturated carbocycles. The van der Waals surface area contributed by atoms with Crippen molar-refractivity contribution in [1.29, 1.82) is 0 Å². The Hall–Kier alpha value is -2.91. The molecule has 0 aliphatic rings. The maximum absolute atomic E-state index is 13.3. The van der Waals surface area contributed by atoms with E-state index in [1.165, 1.54) is 6.07 Å². The fraction of sp³-hybridized carbons (Fsp3) is 0.316. The molecule has 0 amide bonds. The summed E-state index contributed by atoms with van der Waals surface area (Å²) in [5.74, 6) is -1.18. The number of aryl methyl sites for hydroxylation is 1. The van der Waals surface area contributed by atoms with Gasteiger partial charge in [-0.25, -0.2) is 4.79 Å². The summed E-state index contributed by atoms with van der Waals surface area (Å²) in [7, 11) is 0.955. The molecule has 29 heavy (non-hydrogen) atoms. The van der Waals surface area contributed by atoms with Crippen LogP contribution in [0.15, 0.2) is 36.4 Å². The molecule has 0 fully saturated rings. The highest BCUT2D eigenvalue weighted by Gasteiger charge is 2.37. The highest BCUT2D eigenvalue weighted by atomic mass is 19.4. The highest BCUT2D eigenvalue weighted by molar-refractivity contribution is 5.64. The number of halogens is 6. The van der Waals surface area contributed by atoms with E-state index in [0.717, 1.165) is 31.4 Å². The largest absolute Gasteiger partial charge is 0.513 e. The molecule has 0 heterocycles. The van der Waals surface area contributed by atoms with Gasteiger partial charge in [0, 0.05) is 5.56 Å². The molecule has 158 valence electrons. The van der Waals surface area contributed by atoms with Gasteiger partial charge in [0.25, 0.3) is 0 Å². The lowest BCUT2D eigenvalue weighted by Crippen LogP contribution is -2.16. The summed E-state index contributed by atoms with van der Waals surface area (Å²) < 4.78 is 94.0. The van der Waals surface area contributed by atoms with E-state index in [1.54, 1.807) is 6.92 Å². The minimum absolute atomic E-state index is 0.331. The SMILES string of the molecule is CCc1ccc(OCc2c(OC(=O)OC)cccc2C(F)(F)F)c(C(F)(F)F)c1. The van der Waals surface area contributed by atoms with Gasteiger partial charge in [-0.05, 0) is 36.2 Å². The minimum Gasteiger partial charge on any atom is -0.488 e. The lowest BCUT2D eigenvalue weighted by molar-refractivity contribution is -0.140. The van der Waals surface area contributed by atoms with Gasteiger partial charge in [0.1, 0.15) is 18.1 Å². The Morgan fingerprint density at radius 3 is 2.14 bits per heavy atom. The van der Waals surface area contributed by atoms with Crippen LogP contribution < -0.4 is 9.47 Å². The number of carbonyl (C=O) groups excluding carboxylic acids is 1. The third kappa shape index (κ3) is 5.55. The van der Waals surface area contributed by atoms with E-state index in [1.807, 2.05) is 0 Å². The quantitative estimate of drug-likeness (QED) is 0.336. The van der Waals surface area contributed by atoms with Crippen molar-refractivity contribution in [3.63, 3.8) is 0 Å². The summed E-state index contributed by atoms with van der Waals surface area (Å²) in [5, 5.41) is 0. The van der Waals surface area contributed by atoms with Crippen LogP contribution in [0.5, 0.6) is 11.5 Å². The number of benzene rings is 2. The average Bonchev–Trinajstić information content (AvgIpc) is 2.65. The van der Waals surface area contributed by atoms with Gasteiger partial charge >= 0.3 is 18.5 Å². The van der Waals surface area contributed by atoms with E-state index in [9.17, 15) is 31.1 Å². The second-order valence-corrected chi connectivity index (χ2v) is 5.81. The zero-order valence-corrected chi connectivity index (χ0v) is 15.3. The molecular formula is C19H16F6O4. The molecular weight excluding hydrogens is 406 g/mol. The number of rotatable bonds is 5. The van der Waals surface area contributed by atoms with Crippen molar-refractivity contribution in [1.82, 2.24) is 0 Å². The second kappa shape index (κ2) is 8.62. The van der Waals surface area contributed by atoms with Gasteiger partial charge in [0.15, 0.2) is 0 Å². The van der Waals surface area contributed by atoms with Crippen LogP contribution in [0.1, 0.15) is 29.2 Å². The number of carbonyl (C=O) groups is 1. The van der Waals surface area contributed by atoms with E-state index in [4.69, 9.17) is 4.74 Å². The molecule has 2 aromatic rings. The van der Waals surface area contributed by atoms with E-state index >= 15 is 0 Å². The van der Waals surface area contributed by atoms with Crippen LogP contribution in [-0.4, -0.2) is 13.3 Å². The molecule has 0 saturated heterocycles. The Labute approximate surface area is 162 Å². The van der Waals surface area contributed by atoms with Crippen molar-refractivity contribution < 1.29 is 45.3 Å². The van der Waals surface area contributed by atoms with Gasteiger partial charge in [-0.3, -0.25) is 0 Å². The van der Waals surface area contributed by atoms with Gasteiger partial charge in [-0.2, -0.15) is 26.3 Å². The van der Waals surface area contributed by atoms with Crippen LogP contribution in [0.2, 0.25) is 0 Å². The molecule has 2 rings (SSSR count). The molecule has 10 heteroatoms. The molecule has 4 nitrogen and oxygen atoms in total. The molecule has 0 aromatic heterocycles. The van der Waals surface area contributed by atoms with Crippen molar-refractivity contribution in [3.05, 3.63) is 58.7 Å². The third-order valence-corrected chi connectivity index (χ3v) is 3.93. The first-order chi connectivity index (χ1) is 13.5. The molecule has 0 bridgehead atoms. The summed E-state index contributed by atoms with van der Waals surface area (Å²) in [6.07, 6.45) is -10.6. The maximum Gasteiger partial charge on any atom is 0.513 e. The zero-order chi connectivity index (χ0) is 21.8. The summed E-state index contributed by atoms with van der Waals surface area (Å²) >= 11 is 0. The second-order valence-electron chi connectivity index (χ2n) is 5.81. The number of alkyl halides is 6. The monoisotopic (exact) mass is 422 g/mol. The number of methoxy groups -OCH3 is 1. The summed E-state index contributed by atoms with van der Waals surface area (Å²) in [4.78, 5) is 11.3. The van der Waals surface area contributed by atoms with E-state index < -0.39 is 53.3 Å². The molecule has 0 spiro atoms. The standard InChI is InChI=1S/C19H16F6O4/c1-3-11-7-8-16(14(9-11)19(23,24)25)28-10-12-13(18(20,21)22)5-4-6-15(12)29-17(26)27-2/h4-9H,3,10H2,1-2H3. The molecule has 0 aliphatic carbocycles. The van der Waals surface area contributed by atoms with E-state index in [-0.39, 0.29) is 0 Å². The van der Waals surface area contributed by atoms with Crippen LogP contribution >= 0.6 is 0 Å². The van der Waals surface area contributed by atoms with Gasteiger partial charge < -0.3 is 14.2 Å². The van der Waals surface area contributed by atoms with Gasteiger partial charge in [-0.15, -0.1) is 0 Å². The fourth-order valence-corrected chi connectivity index (χ4v) is 2.50. The molecule has 0 unspecified atom stereocenters. The normalized spacial score (nSPS) is 11.9. The predicted octanol–water partition coefficient (Wildman–Crippen LogP) is 6.01. The van der Waals surface area contributed by atoms with Gasteiger partial charge in [0.2, 0.25) is 0 Å². The van der Waals surface area contributed by atoms with Crippen LogP contribution in [0, 0.1) is 0 Å². The minimum atomic E-state index is -4.85. The lowest BCUT2D eigenvalue weighted by atomic mass is 10.1.